The van der Waals surface area contributed by atoms with E-state index in [4.69, 9.17) is 5.73 Å². The summed E-state index contributed by atoms with van der Waals surface area (Å²) in [4.78, 5) is 6.62. The van der Waals surface area contributed by atoms with E-state index in [-0.39, 0.29) is 12.4 Å². The number of rotatable bonds is 7. The highest BCUT2D eigenvalue weighted by Crippen LogP contribution is 2.10. The molecular formula is C17H24ClN3. The van der Waals surface area contributed by atoms with Crippen LogP contribution in [0.15, 0.2) is 48.8 Å². The number of halogens is 1. The number of nitrogens with two attached hydrogens (primary N) is 1. The first-order valence-electron chi connectivity index (χ1n) is 7.15. The first-order valence-corrected chi connectivity index (χ1v) is 7.15. The molecule has 0 aliphatic rings. The molecule has 0 bridgehead atoms. The Morgan fingerprint density at radius 2 is 1.86 bits per heavy atom. The minimum Gasteiger partial charge on any atom is -0.329 e. The van der Waals surface area contributed by atoms with Gasteiger partial charge in [-0.05, 0) is 36.1 Å². The van der Waals surface area contributed by atoms with Crippen LogP contribution in [0.3, 0.4) is 0 Å². The van der Waals surface area contributed by atoms with Crippen molar-refractivity contribution in [3.63, 3.8) is 0 Å². The van der Waals surface area contributed by atoms with E-state index >= 15 is 0 Å². The maximum Gasteiger partial charge on any atom is 0.0315 e. The van der Waals surface area contributed by atoms with Gasteiger partial charge in [-0.2, -0.15) is 0 Å². The summed E-state index contributed by atoms with van der Waals surface area (Å²) in [5, 5.41) is 0. The second-order valence-electron chi connectivity index (χ2n) is 5.10. The monoisotopic (exact) mass is 305 g/mol. The van der Waals surface area contributed by atoms with Crippen LogP contribution in [0.1, 0.15) is 16.7 Å². The quantitative estimate of drug-likeness (QED) is 0.855. The van der Waals surface area contributed by atoms with Crippen LogP contribution in [-0.2, 0) is 13.0 Å². The van der Waals surface area contributed by atoms with Crippen molar-refractivity contribution in [2.24, 2.45) is 5.73 Å². The van der Waals surface area contributed by atoms with E-state index in [1.54, 1.807) is 0 Å². The van der Waals surface area contributed by atoms with Crippen molar-refractivity contribution in [1.29, 1.82) is 0 Å². The molecule has 0 aliphatic carbocycles. The average molecular weight is 306 g/mol. The van der Waals surface area contributed by atoms with Gasteiger partial charge in [-0.25, -0.2) is 0 Å². The molecule has 0 amide bonds. The summed E-state index contributed by atoms with van der Waals surface area (Å²) in [6.45, 7) is 5.68. The minimum atomic E-state index is 0. The molecule has 2 N–H and O–H groups in total. The van der Waals surface area contributed by atoms with E-state index in [1.165, 1.54) is 16.7 Å². The van der Waals surface area contributed by atoms with Crippen LogP contribution in [-0.4, -0.2) is 29.5 Å². The zero-order valence-electron chi connectivity index (χ0n) is 12.5. The van der Waals surface area contributed by atoms with Gasteiger partial charge in [-0.3, -0.25) is 9.88 Å². The van der Waals surface area contributed by atoms with E-state index < -0.39 is 0 Å². The van der Waals surface area contributed by atoms with E-state index in [9.17, 15) is 0 Å². The Balaban J connectivity index is 0.00000220. The first kappa shape index (κ1) is 17.6. The molecule has 1 aromatic carbocycles. The minimum absolute atomic E-state index is 0. The molecule has 0 spiro atoms. The van der Waals surface area contributed by atoms with Gasteiger partial charge in [-0.15, -0.1) is 12.4 Å². The molecule has 21 heavy (non-hydrogen) atoms. The molecule has 0 saturated heterocycles. The zero-order chi connectivity index (χ0) is 14.2. The summed E-state index contributed by atoms with van der Waals surface area (Å²) in [5.41, 5.74) is 9.68. The Morgan fingerprint density at radius 3 is 2.52 bits per heavy atom. The molecule has 114 valence electrons. The fourth-order valence-corrected chi connectivity index (χ4v) is 2.29. The smallest absolute Gasteiger partial charge is 0.0315 e. The Bertz CT molecular complexity index is 516. The van der Waals surface area contributed by atoms with Crippen LogP contribution in [0, 0.1) is 6.92 Å². The lowest BCUT2D eigenvalue weighted by Gasteiger charge is -2.22. The van der Waals surface area contributed by atoms with Crippen LogP contribution in [0.4, 0.5) is 0 Å². The third-order valence-electron chi connectivity index (χ3n) is 3.55. The predicted molar refractivity (Wildman–Crippen MR) is 90.7 cm³/mol. The van der Waals surface area contributed by atoms with Crippen LogP contribution in [0.5, 0.6) is 0 Å². The SMILES string of the molecule is Cc1ccncc1CN(CCN)CCc1ccccc1.Cl. The van der Waals surface area contributed by atoms with Crippen molar-refractivity contribution < 1.29 is 0 Å². The lowest BCUT2D eigenvalue weighted by atomic mass is 10.1. The summed E-state index contributed by atoms with van der Waals surface area (Å²) >= 11 is 0. The average Bonchev–Trinajstić information content (AvgIpc) is 2.48. The van der Waals surface area contributed by atoms with Crippen molar-refractivity contribution in [1.82, 2.24) is 9.88 Å². The number of nitrogens with zero attached hydrogens (tertiary/aromatic N) is 2. The Kier molecular flexibility index (Phi) is 7.98. The van der Waals surface area contributed by atoms with Gasteiger partial charge in [0.2, 0.25) is 0 Å². The van der Waals surface area contributed by atoms with Gasteiger partial charge in [0.1, 0.15) is 0 Å². The summed E-state index contributed by atoms with van der Waals surface area (Å²) in [7, 11) is 0. The third kappa shape index (κ3) is 5.84. The normalized spacial score (nSPS) is 10.4. The van der Waals surface area contributed by atoms with Gasteiger partial charge in [-0.1, -0.05) is 30.3 Å². The molecule has 1 aromatic heterocycles. The van der Waals surface area contributed by atoms with E-state index in [2.05, 4.69) is 53.2 Å². The van der Waals surface area contributed by atoms with Gasteiger partial charge in [0.25, 0.3) is 0 Å². The largest absolute Gasteiger partial charge is 0.329 e. The van der Waals surface area contributed by atoms with Crippen molar-refractivity contribution in [2.75, 3.05) is 19.6 Å². The lowest BCUT2D eigenvalue weighted by Crippen LogP contribution is -2.31. The number of benzene rings is 1. The molecule has 0 atom stereocenters. The standard InChI is InChI=1S/C17H23N3.ClH/c1-15-7-10-19-13-17(15)14-20(12-9-18)11-8-16-5-3-2-4-6-16;/h2-7,10,13H,8-9,11-12,14,18H2,1H3;1H. The first-order chi connectivity index (χ1) is 9.79. The molecule has 0 saturated carbocycles. The zero-order valence-corrected chi connectivity index (χ0v) is 13.4. The van der Waals surface area contributed by atoms with Crippen molar-refractivity contribution in [2.45, 2.75) is 19.9 Å². The number of aryl methyl sites for hydroxylation is 1. The summed E-state index contributed by atoms with van der Waals surface area (Å²) in [6.07, 6.45) is 4.86. The van der Waals surface area contributed by atoms with Crippen molar-refractivity contribution >= 4 is 12.4 Å². The van der Waals surface area contributed by atoms with Gasteiger partial charge in [0.15, 0.2) is 0 Å². The predicted octanol–water partition coefficient (Wildman–Crippen LogP) is 2.82. The van der Waals surface area contributed by atoms with E-state index in [0.717, 1.165) is 26.1 Å². The van der Waals surface area contributed by atoms with E-state index in [1.807, 2.05) is 12.4 Å². The molecule has 0 unspecified atom stereocenters. The second-order valence-corrected chi connectivity index (χ2v) is 5.10. The third-order valence-corrected chi connectivity index (χ3v) is 3.55. The molecule has 2 rings (SSSR count). The summed E-state index contributed by atoms with van der Waals surface area (Å²) in [5.74, 6) is 0. The highest BCUT2D eigenvalue weighted by molar-refractivity contribution is 5.85. The van der Waals surface area contributed by atoms with Crippen LogP contribution in [0.2, 0.25) is 0 Å². The lowest BCUT2D eigenvalue weighted by molar-refractivity contribution is 0.275. The summed E-state index contributed by atoms with van der Waals surface area (Å²) in [6, 6.07) is 12.7. The maximum absolute atomic E-state index is 5.73. The number of pyridine rings is 1. The highest BCUT2D eigenvalue weighted by Gasteiger charge is 2.07. The Labute approximate surface area is 133 Å². The number of aromatic nitrogens is 1. The maximum atomic E-state index is 5.73. The number of hydrogen-bond acceptors (Lipinski definition) is 3. The molecule has 1 heterocycles. The van der Waals surface area contributed by atoms with Crippen LogP contribution < -0.4 is 5.73 Å². The highest BCUT2D eigenvalue weighted by atomic mass is 35.5. The van der Waals surface area contributed by atoms with Crippen molar-refractivity contribution in [3.8, 4) is 0 Å². The fourth-order valence-electron chi connectivity index (χ4n) is 2.29. The Hall–Kier alpha value is -1.42. The molecular weight excluding hydrogens is 282 g/mol. The fraction of sp³-hybridized carbons (Fsp3) is 0.353. The van der Waals surface area contributed by atoms with Gasteiger partial charge < -0.3 is 5.73 Å². The Morgan fingerprint density at radius 1 is 1.10 bits per heavy atom. The summed E-state index contributed by atoms with van der Waals surface area (Å²) < 4.78 is 0. The molecule has 3 nitrogen and oxygen atoms in total. The van der Waals surface area contributed by atoms with Gasteiger partial charge in [0.05, 0.1) is 0 Å². The topological polar surface area (TPSA) is 42.2 Å². The molecule has 2 aromatic rings. The van der Waals surface area contributed by atoms with Gasteiger partial charge >= 0.3 is 0 Å². The number of hydrogen-bond donors (Lipinski definition) is 1. The second kappa shape index (κ2) is 9.50. The molecule has 0 fully saturated rings. The molecule has 0 aliphatic heterocycles. The van der Waals surface area contributed by atoms with Gasteiger partial charge in [0, 0.05) is 38.6 Å². The van der Waals surface area contributed by atoms with Crippen LogP contribution in [0.25, 0.3) is 0 Å². The van der Waals surface area contributed by atoms with Crippen LogP contribution >= 0.6 is 12.4 Å². The van der Waals surface area contributed by atoms with E-state index in [0.29, 0.717) is 6.54 Å². The molecule has 4 heteroatoms. The molecule has 0 radical (unpaired) electrons. The van der Waals surface area contributed by atoms with Crippen molar-refractivity contribution in [3.05, 3.63) is 65.5 Å².